The van der Waals surface area contributed by atoms with Gasteiger partial charge in [-0.2, -0.15) is 0 Å². The van der Waals surface area contributed by atoms with Gasteiger partial charge < -0.3 is 0 Å². The van der Waals surface area contributed by atoms with E-state index in [-0.39, 0.29) is 22.6 Å². The summed E-state index contributed by atoms with van der Waals surface area (Å²) in [6.45, 7) is 4.46. The van der Waals surface area contributed by atoms with Crippen molar-refractivity contribution >= 4 is 28.8 Å². The molecule has 4 nitrogen and oxygen atoms in total. The molecule has 0 N–H and O–H groups in total. The monoisotopic (exact) mass is 290 g/mol. The van der Waals surface area contributed by atoms with Crippen molar-refractivity contribution in [3.05, 3.63) is 0 Å². The van der Waals surface area contributed by atoms with Gasteiger partial charge in [-0.15, -0.1) is 0 Å². The van der Waals surface area contributed by atoms with Gasteiger partial charge in [0.05, 0.1) is 0 Å². The van der Waals surface area contributed by atoms with Crippen molar-refractivity contribution in [2.75, 3.05) is 13.2 Å². The van der Waals surface area contributed by atoms with Crippen LogP contribution in [0.5, 0.6) is 0 Å². The third kappa shape index (κ3) is 3.82. The van der Waals surface area contributed by atoms with Gasteiger partial charge in [-0.25, -0.2) is 0 Å². The Hall–Kier alpha value is -0.502. The number of hydrogen-bond acceptors (Lipinski definition) is 4. The van der Waals surface area contributed by atoms with Gasteiger partial charge in [0.1, 0.15) is 0 Å². The first kappa shape index (κ1) is 13.6. The molecule has 0 aromatic carbocycles. The minimum atomic E-state index is -0.142. The fraction of sp³-hybridized carbons (Fsp3) is 0.818. The van der Waals surface area contributed by atoms with Crippen molar-refractivity contribution in [3.63, 3.8) is 0 Å². The van der Waals surface area contributed by atoms with Gasteiger partial charge in [-0.3, -0.25) is 0 Å². The van der Waals surface area contributed by atoms with Gasteiger partial charge in [0.2, 0.25) is 0 Å². The van der Waals surface area contributed by atoms with Crippen molar-refractivity contribution in [1.29, 1.82) is 0 Å². The van der Waals surface area contributed by atoms with E-state index < -0.39 is 0 Å². The summed E-state index contributed by atoms with van der Waals surface area (Å²) >= 11 is 1.37. The molecule has 1 fully saturated rings. The first-order valence-corrected chi connectivity index (χ1v) is 7.08. The number of ether oxygens (including phenoxy) is 2. The van der Waals surface area contributed by atoms with E-state index in [9.17, 15) is 9.59 Å². The van der Waals surface area contributed by atoms with Crippen LogP contribution in [0.3, 0.4) is 0 Å². The molecular weight excluding hydrogens is 271 g/mol. The predicted octanol–water partition coefficient (Wildman–Crippen LogP) is 0.560. The maximum atomic E-state index is 11.4. The normalized spacial score (nSPS) is 24.7. The van der Waals surface area contributed by atoms with Crippen molar-refractivity contribution in [1.82, 2.24) is 0 Å². The SMILES string of the molecule is CCOC(=O)[C@H]([AsH2])C[C@H]1C[C@@H]1C(=O)OCC. The summed E-state index contributed by atoms with van der Waals surface area (Å²) in [6.07, 6.45) is 1.61. The molecule has 0 saturated heterocycles. The summed E-state index contributed by atoms with van der Waals surface area (Å²) in [6, 6.07) is 0. The van der Waals surface area contributed by atoms with E-state index in [2.05, 4.69) is 0 Å². The second-order valence-corrected chi connectivity index (χ2v) is 5.64. The third-order valence-corrected chi connectivity index (χ3v) is 3.80. The Morgan fingerprint density at radius 2 is 1.94 bits per heavy atom. The topological polar surface area (TPSA) is 52.6 Å². The maximum absolute atomic E-state index is 11.4. The van der Waals surface area contributed by atoms with E-state index in [1.807, 2.05) is 0 Å². The van der Waals surface area contributed by atoms with E-state index in [1.54, 1.807) is 13.8 Å². The standard InChI is InChI=1S/C11H19AsO4/c1-3-15-10(13)8-5-7(8)6-9(12)11(14)16-4-2/h7-9H,3-6,12H2,1-2H3/t7-,8+,9-/m1/s1. The summed E-state index contributed by atoms with van der Waals surface area (Å²) in [5, 5.41) is 0. The van der Waals surface area contributed by atoms with Crippen LogP contribution in [-0.4, -0.2) is 42.0 Å². The van der Waals surface area contributed by atoms with Crippen molar-refractivity contribution in [2.45, 2.75) is 31.4 Å². The molecule has 0 amide bonds. The average Bonchev–Trinajstić information content (AvgIpc) is 2.98. The van der Waals surface area contributed by atoms with Crippen LogP contribution in [0, 0.1) is 11.8 Å². The predicted molar refractivity (Wildman–Crippen MR) is 61.8 cm³/mol. The van der Waals surface area contributed by atoms with Gasteiger partial charge in [-0.05, 0) is 0 Å². The van der Waals surface area contributed by atoms with Crippen LogP contribution >= 0.6 is 0 Å². The van der Waals surface area contributed by atoms with Crippen LogP contribution in [0.4, 0.5) is 0 Å². The summed E-state index contributed by atoms with van der Waals surface area (Å²) < 4.78 is 9.81. The zero-order chi connectivity index (χ0) is 12.1. The molecule has 0 aliphatic heterocycles. The van der Waals surface area contributed by atoms with Crippen molar-refractivity contribution in [2.24, 2.45) is 11.8 Å². The molecular formula is C11H19AsO4. The van der Waals surface area contributed by atoms with Crippen molar-refractivity contribution in [3.8, 4) is 0 Å². The average molecular weight is 290 g/mol. The number of carbonyl (C=O) groups is 2. The second-order valence-electron chi connectivity index (χ2n) is 3.95. The van der Waals surface area contributed by atoms with E-state index in [0.29, 0.717) is 19.1 Å². The minimum absolute atomic E-state index is 0.0210. The first-order chi connectivity index (χ1) is 7.60. The fourth-order valence-electron chi connectivity index (χ4n) is 1.72. The van der Waals surface area contributed by atoms with Gasteiger partial charge in [0.25, 0.3) is 0 Å². The molecule has 0 aromatic rings. The molecule has 0 aromatic heterocycles. The Morgan fingerprint density at radius 1 is 1.31 bits per heavy atom. The fourth-order valence-corrected chi connectivity index (χ4v) is 2.65. The summed E-state index contributed by atoms with van der Waals surface area (Å²) in [7, 11) is 0. The van der Waals surface area contributed by atoms with Gasteiger partial charge in [-0.1, -0.05) is 0 Å². The van der Waals surface area contributed by atoms with E-state index >= 15 is 0 Å². The number of rotatable bonds is 6. The van der Waals surface area contributed by atoms with Gasteiger partial charge >= 0.3 is 104 Å². The molecule has 5 heteroatoms. The Labute approximate surface area is 105 Å². The number of carbonyl (C=O) groups excluding carboxylic acids is 2. The van der Waals surface area contributed by atoms with Crippen LogP contribution < -0.4 is 0 Å². The molecule has 16 heavy (non-hydrogen) atoms. The Balaban J connectivity index is 2.25. The molecule has 0 bridgehead atoms. The molecule has 1 rings (SSSR count). The number of hydrogen-bond donors (Lipinski definition) is 0. The number of esters is 2. The summed E-state index contributed by atoms with van der Waals surface area (Å²) in [4.78, 5) is 22.7. The Bertz CT molecular complexity index is 267. The van der Waals surface area contributed by atoms with Crippen LogP contribution in [0.2, 0.25) is 4.71 Å². The zero-order valence-electron chi connectivity index (χ0n) is 9.77. The van der Waals surface area contributed by atoms with Crippen LogP contribution in [0.25, 0.3) is 0 Å². The zero-order valence-corrected chi connectivity index (χ0v) is 12.2. The van der Waals surface area contributed by atoms with Gasteiger partial charge in [0, 0.05) is 0 Å². The molecule has 4 atom stereocenters. The molecule has 0 radical (unpaired) electrons. The van der Waals surface area contributed by atoms with Crippen LogP contribution in [0.15, 0.2) is 0 Å². The molecule has 1 saturated carbocycles. The van der Waals surface area contributed by atoms with E-state index in [1.165, 1.54) is 16.9 Å². The molecule has 92 valence electrons. The van der Waals surface area contributed by atoms with E-state index in [4.69, 9.17) is 9.47 Å². The van der Waals surface area contributed by atoms with Crippen molar-refractivity contribution < 1.29 is 19.1 Å². The van der Waals surface area contributed by atoms with Crippen LogP contribution in [-0.2, 0) is 19.1 Å². The summed E-state index contributed by atoms with van der Waals surface area (Å²) in [5.74, 6) is 0.0843. The quantitative estimate of drug-likeness (QED) is 0.530. The molecule has 0 spiro atoms. The Morgan fingerprint density at radius 3 is 2.50 bits per heavy atom. The van der Waals surface area contributed by atoms with Crippen LogP contribution in [0.1, 0.15) is 26.7 Å². The molecule has 1 unspecified atom stereocenters. The second kappa shape index (κ2) is 6.29. The molecule has 1 aliphatic rings. The molecule has 0 heterocycles. The van der Waals surface area contributed by atoms with Gasteiger partial charge in [0.15, 0.2) is 0 Å². The summed E-state index contributed by atoms with van der Waals surface area (Å²) in [5.41, 5.74) is 0. The first-order valence-electron chi connectivity index (χ1n) is 5.69. The molecule has 1 aliphatic carbocycles. The van der Waals surface area contributed by atoms with E-state index in [0.717, 1.165) is 12.8 Å². The Kier molecular flexibility index (Phi) is 5.33. The third-order valence-electron chi connectivity index (χ3n) is 2.66.